The number of halogens is 2. The summed E-state index contributed by atoms with van der Waals surface area (Å²) in [6.45, 7) is 3.35. The lowest BCUT2D eigenvalue weighted by Gasteiger charge is -2.15. The van der Waals surface area contributed by atoms with Crippen molar-refractivity contribution in [1.82, 2.24) is 24.6 Å². The molecule has 0 aliphatic carbocycles. The first-order valence-electron chi connectivity index (χ1n) is 10.7. The Hall–Kier alpha value is -4.02. The molecule has 1 amide bonds. The van der Waals surface area contributed by atoms with Gasteiger partial charge in [0.2, 0.25) is 11.8 Å². The zero-order valence-electron chi connectivity index (χ0n) is 18.7. The van der Waals surface area contributed by atoms with Crippen molar-refractivity contribution in [2.45, 2.75) is 26.1 Å². The number of nitrogens with zero attached hydrogens (tertiary/aromatic N) is 4. The fourth-order valence-corrected chi connectivity index (χ4v) is 3.69. The average molecular weight is 495 g/mol. The zero-order chi connectivity index (χ0) is 24.7. The van der Waals surface area contributed by atoms with Gasteiger partial charge in [-0.3, -0.25) is 10.1 Å². The van der Waals surface area contributed by atoms with E-state index in [-0.39, 0.29) is 11.6 Å². The van der Waals surface area contributed by atoms with E-state index in [0.717, 1.165) is 5.56 Å². The van der Waals surface area contributed by atoms with Crippen LogP contribution in [0.4, 0.5) is 10.3 Å². The van der Waals surface area contributed by atoms with Gasteiger partial charge in [-0.05, 0) is 61.4 Å². The Kier molecular flexibility index (Phi) is 5.83. The number of ether oxygens (including phenoxy) is 1. The third-order valence-corrected chi connectivity index (χ3v) is 5.64. The van der Waals surface area contributed by atoms with Gasteiger partial charge < -0.3 is 14.8 Å². The number of imidazole rings is 2. The fourth-order valence-electron chi connectivity index (χ4n) is 3.47. The molecule has 0 aliphatic rings. The summed E-state index contributed by atoms with van der Waals surface area (Å²) in [6, 6.07) is 12.9. The van der Waals surface area contributed by atoms with Gasteiger partial charge in [-0.15, -0.1) is 5.10 Å². The van der Waals surface area contributed by atoms with Crippen LogP contribution in [0.5, 0.6) is 5.88 Å². The molecule has 0 radical (unpaired) electrons. The maximum atomic E-state index is 13.7. The second kappa shape index (κ2) is 8.97. The summed E-state index contributed by atoms with van der Waals surface area (Å²) in [5.74, 6) is -0.378. The molecule has 9 nitrogen and oxygen atoms in total. The molecule has 3 aromatic heterocycles. The van der Waals surface area contributed by atoms with Gasteiger partial charge >= 0.3 is 0 Å². The topological polar surface area (TPSA) is 117 Å². The van der Waals surface area contributed by atoms with Gasteiger partial charge in [-0.1, -0.05) is 17.7 Å². The van der Waals surface area contributed by atoms with E-state index >= 15 is 0 Å². The predicted octanol–water partition coefficient (Wildman–Crippen LogP) is 4.47. The molecule has 5 aromatic rings. The maximum Gasteiger partial charge on any atom is 0.278 e. The summed E-state index contributed by atoms with van der Waals surface area (Å²) < 4.78 is 20.8. The number of carbonyl (C=O) groups is 1. The molecule has 0 aliphatic heterocycles. The molecular weight excluding hydrogens is 475 g/mol. The molecule has 3 heterocycles. The number of aromatic nitrogens is 5. The molecule has 2 atom stereocenters. The summed E-state index contributed by atoms with van der Waals surface area (Å²) in [5.41, 5.74) is 3.24. The Labute approximate surface area is 203 Å². The normalized spacial score (nSPS) is 13.2. The minimum Gasteiger partial charge on any atom is -0.471 e. The van der Waals surface area contributed by atoms with E-state index in [9.17, 15) is 14.3 Å². The molecule has 0 saturated carbocycles. The first-order valence-corrected chi connectivity index (χ1v) is 11.1. The predicted molar refractivity (Wildman–Crippen MR) is 129 cm³/mol. The summed E-state index contributed by atoms with van der Waals surface area (Å²) in [6.07, 6.45) is 0.361. The van der Waals surface area contributed by atoms with Gasteiger partial charge in [0.05, 0.1) is 23.3 Å². The molecule has 0 fully saturated rings. The summed E-state index contributed by atoms with van der Waals surface area (Å²) >= 11 is 5.97. The average Bonchev–Trinajstić information content (AvgIpc) is 3.40. The molecule has 11 heteroatoms. The largest absolute Gasteiger partial charge is 0.471 e. The molecule has 3 N–H and O–H groups in total. The third-order valence-electron chi connectivity index (χ3n) is 5.42. The highest BCUT2D eigenvalue weighted by molar-refractivity contribution is 6.30. The Bertz CT molecular complexity index is 1540. The number of benzene rings is 2. The van der Waals surface area contributed by atoms with Crippen LogP contribution in [0.15, 0.2) is 54.7 Å². The lowest BCUT2D eigenvalue weighted by Crippen LogP contribution is -2.26. The molecule has 35 heavy (non-hydrogen) atoms. The van der Waals surface area contributed by atoms with Crippen molar-refractivity contribution in [1.29, 1.82) is 0 Å². The van der Waals surface area contributed by atoms with Crippen molar-refractivity contribution >= 4 is 40.1 Å². The van der Waals surface area contributed by atoms with E-state index in [1.807, 2.05) is 0 Å². The molecule has 178 valence electrons. The molecule has 5 rings (SSSR count). The van der Waals surface area contributed by atoms with E-state index in [2.05, 4.69) is 25.4 Å². The Morgan fingerprint density at radius 2 is 1.97 bits per heavy atom. The highest BCUT2D eigenvalue weighted by Gasteiger charge is 2.16. The van der Waals surface area contributed by atoms with Crippen molar-refractivity contribution in [3.05, 3.63) is 71.3 Å². The minimum atomic E-state index is -0.664. The second-order valence-corrected chi connectivity index (χ2v) is 8.53. The quantitative estimate of drug-likeness (QED) is 0.321. The van der Waals surface area contributed by atoms with Crippen LogP contribution >= 0.6 is 11.6 Å². The molecule has 0 spiro atoms. The Morgan fingerprint density at radius 1 is 1.14 bits per heavy atom. The number of rotatable bonds is 6. The van der Waals surface area contributed by atoms with Gasteiger partial charge in [0.1, 0.15) is 17.6 Å². The number of nitrogens with one attached hydrogen (secondary N) is 2. The highest BCUT2D eigenvalue weighted by atomic mass is 35.5. The molecule has 0 bridgehead atoms. The van der Waals surface area contributed by atoms with Crippen LogP contribution in [0.1, 0.15) is 24.3 Å². The highest BCUT2D eigenvalue weighted by Crippen LogP contribution is 2.27. The Balaban J connectivity index is 1.36. The zero-order valence-corrected chi connectivity index (χ0v) is 19.4. The summed E-state index contributed by atoms with van der Waals surface area (Å²) in [7, 11) is 0. The number of H-pyrrole nitrogens is 1. The number of amides is 1. The second-order valence-electron chi connectivity index (χ2n) is 8.09. The van der Waals surface area contributed by atoms with Crippen molar-refractivity contribution in [2.75, 3.05) is 5.32 Å². The van der Waals surface area contributed by atoms with Crippen LogP contribution in [0.2, 0.25) is 5.02 Å². The number of hydrogen-bond acceptors (Lipinski definition) is 6. The van der Waals surface area contributed by atoms with Crippen LogP contribution in [0.25, 0.3) is 27.8 Å². The number of hydrogen-bond donors (Lipinski definition) is 3. The number of anilines is 1. The number of aliphatic hydroxyl groups excluding tert-OH is 1. The number of aromatic amines is 1. The first-order chi connectivity index (χ1) is 16.7. The lowest BCUT2D eigenvalue weighted by molar-refractivity contribution is 0.0566. The lowest BCUT2D eigenvalue weighted by atomic mass is 10.1. The van der Waals surface area contributed by atoms with Gasteiger partial charge in [-0.25, -0.2) is 18.9 Å². The molecule has 2 aromatic carbocycles. The van der Waals surface area contributed by atoms with Crippen LogP contribution in [0.3, 0.4) is 0 Å². The van der Waals surface area contributed by atoms with Crippen LogP contribution in [-0.4, -0.2) is 47.8 Å². The summed E-state index contributed by atoms with van der Waals surface area (Å²) in [5, 5.41) is 16.9. The van der Waals surface area contributed by atoms with Gasteiger partial charge in [0.25, 0.3) is 5.91 Å². The van der Waals surface area contributed by atoms with E-state index in [0.29, 0.717) is 33.1 Å². The molecule has 0 saturated heterocycles. The SMILES string of the molecule is CC(O)[C@@H](C)Oc1ccc2nc(C(=O)Nc3nc4ccc(-c5cc(F)cc(Cl)c5)cc4[nH]3)cn2n1. The molecule has 1 unspecified atom stereocenters. The summed E-state index contributed by atoms with van der Waals surface area (Å²) in [4.78, 5) is 24.5. The number of fused-ring (bicyclic) bond motifs is 2. The maximum absolute atomic E-state index is 13.7. The fraction of sp³-hybridized carbons (Fsp3) is 0.167. The van der Waals surface area contributed by atoms with Crippen LogP contribution in [0, 0.1) is 5.82 Å². The first kappa shape index (κ1) is 22.8. The van der Waals surface area contributed by atoms with Gasteiger partial charge in [0, 0.05) is 11.1 Å². The standard InChI is InChI=1S/C24H20ClFN6O3/c1-12(33)13(2)35-22-6-5-21-27-20(11-32(21)31-22)23(34)30-24-28-18-4-3-14(9-19(18)29-24)15-7-16(25)10-17(26)8-15/h3-13,33H,1-2H3,(H2,28,29,30,34)/t12?,13-/m1/s1. The smallest absolute Gasteiger partial charge is 0.278 e. The number of carbonyl (C=O) groups excluding carboxylic acids is 1. The van der Waals surface area contributed by atoms with E-state index in [4.69, 9.17) is 16.3 Å². The van der Waals surface area contributed by atoms with Crippen molar-refractivity contribution in [3.63, 3.8) is 0 Å². The van der Waals surface area contributed by atoms with E-state index in [1.54, 1.807) is 50.2 Å². The van der Waals surface area contributed by atoms with Crippen molar-refractivity contribution < 1.29 is 19.0 Å². The molecular formula is C24H20ClFN6O3. The van der Waals surface area contributed by atoms with Crippen LogP contribution < -0.4 is 10.1 Å². The minimum absolute atomic E-state index is 0.133. The number of aliphatic hydroxyl groups is 1. The van der Waals surface area contributed by atoms with Crippen molar-refractivity contribution in [2.24, 2.45) is 0 Å². The monoisotopic (exact) mass is 494 g/mol. The van der Waals surface area contributed by atoms with Gasteiger partial charge in [-0.2, -0.15) is 0 Å². The van der Waals surface area contributed by atoms with E-state index < -0.39 is 23.9 Å². The van der Waals surface area contributed by atoms with Crippen LogP contribution in [-0.2, 0) is 0 Å². The Morgan fingerprint density at radius 3 is 2.74 bits per heavy atom. The third kappa shape index (κ3) is 4.79. The van der Waals surface area contributed by atoms with Crippen molar-refractivity contribution in [3.8, 4) is 17.0 Å². The van der Waals surface area contributed by atoms with E-state index in [1.165, 1.54) is 22.8 Å². The van der Waals surface area contributed by atoms with Gasteiger partial charge in [0.15, 0.2) is 5.65 Å².